The predicted molar refractivity (Wildman–Crippen MR) is 71.2 cm³/mol. The van der Waals surface area contributed by atoms with Gasteiger partial charge >= 0.3 is 0 Å². The van der Waals surface area contributed by atoms with Crippen molar-refractivity contribution in [1.29, 1.82) is 0 Å². The third-order valence-electron chi connectivity index (χ3n) is 2.80. The van der Waals surface area contributed by atoms with Crippen LogP contribution in [-0.4, -0.2) is 5.91 Å². The molecule has 0 fully saturated rings. The van der Waals surface area contributed by atoms with Gasteiger partial charge in [-0.05, 0) is 30.0 Å². The minimum Gasteiger partial charge on any atom is -0.344 e. The van der Waals surface area contributed by atoms with Crippen molar-refractivity contribution in [2.24, 2.45) is 0 Å². The number of nitrogens with one attached hydrogen (secondary N) is 1. The molecule has 0 bridgehead atoms. The Hall–Kier alpha value is -1.75. The first kappa shape index (κ1) is 13.7. The molecule has 1 aromatic carbocycles. The van der Waals surface area contributed by atoms with E-state index in [-0.39, 0.29) is 11.6 Å². The second kappa shape index (κ2) is 5.93. The molecule has 5 heteroatoms. The minimum atomic E-state index is -1.11. The lowest BCUT2D eigenvalue weighted by molar-refractivity contribution is 0.0931. The monoisotopic (exact) mass is 281 g/mol. The van der Waals surface area contributed by atoms with Gasteiger partial charge in [-0.3, -0.25) is 4.79 Å². The fraction of sp³-hybridized carbons (Fsp3) is 0.214. The number of benzene rings is 1. The first-order chi connectivity index (χ1) is 9.13. The molecule has 0 aliphatic heterocycles. The molecule has 19 heavy (non-hydrogen) atoms. The van der Waals surface area contributed by atoms with Crippen molar-refractivity contribution in [1.82, 2.24) is 5.32 Å². The molecule has 2 aromatic rings. The van der Waals surface area contributed by atoms with E-state index >= 15 is 0 Å². The molecule has 1 amide bonds. The van der Waals surface area contributed by atoms with E-state index in [1.165, 1.54) is 23.5 Å². The molecule has 1 unspecified atom stereocenters. The summed E-state index contributed by atoms with van der Waals surface area (Å²) in [6.07, 6.45) is 0.684. The number of hydrogen-bond donors (Lipinski definition) is 1. The van der Waals surface area contributed by atoms with Crippen molar-refractivity contribution in [2.75, 3.05) is 0 Å². The van der Waals surface area contributed by atoms with Crippen LogP contribution < -0.4 is 5.32 Å². The Bertz CT molecular complexity index is 569. The molecule has 1 aromatic heterocycles. The molecule has 0 aliphatic rings. The van der Waals surface area contributed by atoms with E-state index in [0.717, 1.165) is 10.9 Å². The lowest BCUT2D eigenvalue weighted by Gasteiger charge is -2.15. The Kier molecular flexibility index (Phi) is 4.27. The van der Waals surface area contributed by atoms with Crippen LogP contribution in [0.4, 0.5) is 8.78 Å². The molecule has 0 radical (unpaired) electrons. The summed E-state index contributed by atoms with van der Waals surface area (Å²) < 4.78 is 26.6. The number of carbonyl (C=O) groups excluding carboxylic acids is 1. The van der Waals surface area contributed by atoms with Gasteiger partial charge in [0, 0.05) is 4.88 Å². The Balaban J connectivity index is 2.18. The second-order valence-electron chi connectivity index (χ2n) is 4.05. The SMILES string of the molecule is CCC(NC(=O)c1cccc(F)c1F)c1cccs1. The van der Waals surface area contributed by atoms with Gasteiger partial charge in [-0.15, -0.1) is 11.3 Å². The minimum absolute atomic E-state index is 0.185. The number of amides is 1. The maximum absolute atomic E-state index is 13.5. The van der Waals surface area contributed by atoms with Crippen LogP contribution in [0.5, 0.6) is 0 Å². The van der Waals surface area contributed by atoms with E-state index in [9.17, 15) is 13.6 Å². The van der Waals surface area contributed by atoms with E-state index in [1.54, 1.807) is 0 Å². The maximum atomic E-state index is 13.5. The molecule has 1 N–H and O–H groups in total. The van der Waals surface area contributed by atoms with E-state index in [4.69, 9.17) is 0 Å². The summed E-state index contributed by atoms with van der Waals surface area (Å²) in [5, 5.41) is 4.63. The Morgan fingerprint density at radius 2 is 2.11 bits per heavy atom. The molecule has 1 atom stereocenters. The van der Waals surface area contributed by atoms with Gasteiger partial charge in [0.15, 0.2) is 11.6 Å². The van der Waals surface area contributed by atoms with E-state index in [0.29, 0.717) is 6.42 Å². The van der Waals surface area contributed by atoms with Crippen LogP contribution in [0, 0.1) is 11.6 Å². The molecular formula is C14H13F2NOS. The van der Waals surface area contributed by atoms with E-state index < -0.39 is 17.5 Å². The highest BCUT2D eigenvalue weighted by atomic mass is 32.1. The molecule has 1 heterocycles. The smallest absolute Gasteiger partial charge is 0.254 e. The maximum Gasteiger partial charge on any atom is 0.254 e. The third-order valence-corrected chi connectivity index (χ3v) is 3.78. The van der Waals surface area contributed by atoms with Crippen molar-refractivity contribution < 1.29 is 13.6 Å². The van der Waals surface area contributed by atoms with E-state index in [2.05, 4.69) is 5.32 Å². The summed E-state index contributed by atoms with van der Waals surface area (Å²) >= 11 is 1.52. The van der Waals surface area contributed by atoms with Crippen molar-refractivity contribution in [3.63, 3.8) is 0 Å². The summed E-state index contributed by atoms with van der Waals surface area (Å²) in [6.45, 7) is 1.92. The summed E-state index contributed by atoms with van der Waals surface area (Å²) in [5.41, 5.74) is -0.269. The fourth-order valence-electron chi connectivity index (χ4n) is 1.78. The van der Waals surface area contributed by atoms with Crippen molar-refractivity contribution >= 4 is 17.2 Å². The third kappa shape index (κ3) is 2.98. The highest BCUT2D eigenvalue weighted by Crippen LogP contribution is 2.22. The summed E-state index contributed by atoms with van der Waals surface area (Å²) in [7, 11) is 0. The van der Waals surface area contributed by atoms with Gasteiger partial charge in [0.1, 0.15) is 0 Å². The summed E-state index contributed by atoms with van der Waals surface area (Å²) in [4.78, 5) is 13.0. The number of hydrogen-bond acceptors (Lipinski definition) is 2. The Labute approximate surface area is 114 Å². The average molecular weight is 281 g/mol. The topological polar surface area (TPSA) is 29.1 Å². The van der Waals surface area contributed by atoms with Gasteiger partial charge in [-0.1, -0.05) is 19.1 Å². The quantitative estimate of drug-likeness (QED) is 0.904. The largest absolute Gasteiger partial charge is 0.344 e. The van der Waals surface area contributed by atoms with Gasteiger partial charge < -0.3 is 5.32 Å². The standard InChI is InChI=1S/C14H13F2NOS/c1-2-11(12-7-4-8-19-12)17-14(18)9-5-3-6-10(15)13(9)16/h3-8,11H,2H2,1H3,(H,17,18). The van der Waals surface area contributed by atoms with Gasteiger partial charge in [-0.2, -0.15) is 0 Å². The first-order valence-corrected chi connectivity index (χ1v) is 6.79. The second-order valence-corrected chi connectivity index (χ2v) is 5.03. The van der Waals surface area contributed by atoms with Crippen LogP contribution in [0.15, 0.2) is 35.7 Å². The van der Waals surface area contributed by atoms with Crippen LogP contribution in [0.3, 0.4) is 0 Å². The molecule has 0 aliphatic carbocycles. The van der Waals surface area contributed by atoms with Crippen LogP contribution in [0.25, 0.3) is 0 Å². The van der Waals surface area contributed by atoms with Crippen molar-refractivity contribution in [3.05, 3.63) is 57.8 Å². The lowest BCUT2D eigenvalue weighted by atomic mass is 10.1. The highest BCUT2D eigenvalue weighted by molar-refractivity contribution is 7.10. The van der Waals surface area contributed by atoms with Crippen LogP contribution >= 0.6 is 11.3 Å². The van der Waals surface area contributed by atoms with Crippen LogP contribution in [-0.2, 0) is 0 Å². The van der Waals surface area contributed by atoms with Crippen LogP contribution in [0.2, 0.25) is 0 Å². The molecule has 2 nitrogen and oxygen atoms in total. The highest BCUT2D eigenvalue weighted by Gasteiger charge is 2.19. The van der Waals surface area contributed by atoms with Gasteiger partial charge in [0.05, 0.1) is 11.6 Å². The van der Waals surface area contributed by atoms with Crippen molar-refractivity contribution in [3.8, 4) is 0 Å². The molecule has 100 valence electrons. The number of carbonyl (C=O) groups is 1. The molecule has 2 rings (SSSR count). The Morgan fingerprint density at radius 1 is 1.32 bits per heavy atom. The summed E-state index contributed by atoms with van der Waals surface area (Å²) in [6, 6.07) is 7.19. The number of thiophene rings is 1. The molecular weight excluding hydrogens is 268 g/mol. The number of rotatable bonds is 4. The number of halogens is 2. The zero-order valence-electron chi connectivity index (χ0n) is 10.3. The molecule has 0 saturated heterocycles. The molecule has 0 saturated carbocycles. The molecule has 0 spiro atoms. The van der Waals surface area contributed by atoms with Gasteiger partial charge in [-0.25, -0.2) is 8.78 Å². The lowest BCUT2D eigenvalue weighted by Crippen LogP contribution is -2.28. The fourth-order valence-corrected chi connectivity index (χ4v) is 2.64. The zero-order valence-corrected chi connectivity index (χ0v) is 11.1. The predicted octanol–water partition coefficient (Wildman–Crippen LogP) is 3.91. The average Bonchev–Trinajstić information content (AvgIpc) is 2.92. The van der Waals surface area contributed by atoms with E-state index in [1.807, 2.05) is 24.4 Å². The zero-order chi connectivity index (χ0) is 13.8. The Morgan fingerprint density at radius 3 is 2.74 bits per heavy atom. The normalized spacial score (nSPS) is 12.2. The van der Waals surface area contributed by atoms with Gasteiger partial charge in [0.25, 0.3) is 5.91 Å². The van der Waals surface area contributed by atoms with Gasteiger partial charge in [0.2, 0.25) is 0 Å². The first-order valence-electron chi connectivity index (χ1n) is 5.91. The summed E-state index contributed by atoms with van der Waals surface area (Å²) in [5.74, 6) is -2.73. The van der Waals surface area contributed by atoms with Crippen LogP contribution in [0.1, 0.15) is 34.6 Å². The van der Waals surface area contributed by atoms with Crippen molar-refractivity contribution in [2.45, 2.75) is 19.4 Å².